The minimum Gasteiger partial charge on any atom is -0.362 e. The SMILES string of the molecule is c1ccc(CCCc2ncc(N3CCCC3)s2)cc1. The van der Waals surface area contributed by atoms with Crippen LogP contribution in [0.25, 0.3) is 0 Å². The lowest BCUT2D eigenvalue weighted by Crippen LogP contribution is -2.15. The van der Waals surface area contributed by atoms with Gasteiger partial charge in [-0.15, -0.1) is 11.3 Å². The fourth-order valence-corrected chi connectivity index (χ4v) is 3.60. The lowest BCUT2D eigenvalue weighted by molar-refractivity contribution is 0.814. The van der Waals surface area contributed by atoms with Gasteiger partial charge in [-0.25, -0.2) is 4.98 Å². The van der Waals surface area contributed by atoms with E-state index in [9.17, 15) is 0 Å². The zero-order valence-electron chi connectivity index (χ0n) is 11.2. The second-order valence-corrected chi connectivity index (χ2v) is 6.22. The van der Waals surface area contributed by atoms with Gasteiger partial charge in [0.25, 0.3) is 0 Å². The summed E-state index contributed by atoms with van der Waals surface area (Å²) in [5.74, 6) is 0. The number of aryl methyl sites for hydroxylation is 2. The van der Waals surface area contributed by atoms with E-state index in [0.29, 0.717) is 0 Å². The van der Waals surface area contributed by atoms with Crippen molar-refractivity contribution in [3.8, 4) is 0 Å². The first-order valence-corrected chi connectivity index (χ1v) is 7.97. The standard InChI is InChI=1S/C16H20N2S/c1-2-7-14(8-3-1)9-6-10-15-17-13-16(19-15)18-11-4-5-12-18/h1-3,7-8,13H,4-6,9-12H2. The highest BCUT2D eigenvalue weighted by Gasteiger charge is 2.14. The smallest absolute Gasteiger partial charge is 0.111 e. The molecule has 0 unspecified atom stereocenters. The first-order chi connectivity index (χ1) is 9.42. The van der Waals surface area contributed by atoms with E-state index in [1.807, 2.05) is 11.3 Å². The van der Waals surface area contributed by atoms with E-state index in [2.05, 4.69) is 46.4 Å². The Balaban J connectivity index is 1.50. The topological polar surface area (TPSA) is 16.1 Å². The number of nitrogens with zero attached hydrogens (tertiary/aromatic N) is 2. The molecular weight excluding hydrogens is 252 g/mol. The number of hydrogen-bond donors (Lipinski definition) is 0. The molecule has 1 aliphatic rings. The molecule has 3 rings (SSSR count). The van der Waals surface area contributed by atoms with Crippen molar-refractivity contribution in [2.75, 3.05) is 18.0 Å². The van der Waals surface area contributed by atoms with Crippen LogP contribution in [0.1, 0.15) is 29.8 Å². The lowest BCUT2D eigenvalue weighted by atomic mass is 10.1. The molecule has 0 amide bonds. The molecule has 0 spiro atoms. The van der Waals surface area contributed by atoms with Gasteiger partial charge in [0.1, 0.15) is 5.00 Å². The zero-order valence-corrected chi connectivity index (χ0v) is 12.0. The summed E-state index contributed by atoms with van der Waals surface area (Å²) in [4.78, 5) is 7.04. The summed E-state index contributed by atoms with van der Waals surface area (Å²) in [5.41, 5.74) is 1.43. The quantitative estimate of drug-likeness (QED) is 0.820. The van der Waals surface area contributed by atoms with Gasteiger partial charge in [-0.05, 0) is 37.7 Å². The molecule has 2 aromatic rings. The normalized spacial score (nSPS) is 15.1. The van der Waals surface area contributed by atoms with Gasteiger partial charge in [-0.3, -0.25) is 0 Å². The predicted octanol–water partition coefficient (Wildman–Crippen LogP) is 3.92. The molecule has 0 atom stereocenters. The number of benzene rings is 1. The summed E-state index contributed by atoms with van der Waals surface area (Å²) < 4.78 is 0. The van der Waals surface area contributed by atoms with Gasteiger partial charge in [0.2, 0.25) is 0 Å². The molecule has 1 aromatic heterocycles. The van der Waals surface area contributed by atoms with Crippen molar-refractivity contribution in [3.63, 3.8) is 0 Å². The predicted molar refractivity (Wildman–Crippen MR) is 82.0 cm³/mol. The minimum absolute atomic E-state index is 1.10. The molecule has 3 heteroatoms. The van der Waals surface area contributed by atoms with Crippen LogP contribution in [0.4, 0.5) is 5.00 Å². The Morgan fingerprint density at radius 1 is 1.05 bits per heavy atom. The summed E-state index contributed by atoms with van der Waals surface area (Å²) in [5, 5.41) is 2.66. The highest BCUT2D eigenvalue weighted by atomic mass is 32.1. The van der Waals surface area contributed by atoms with Gasteiger partial charge in [-0.1, -0.05) is 30.3 Å². The van der Waals surface area contributed by atoms with Crippen LogP contribution >= 0.6 is 11.3 Å². The maximum atomic E-state index is 4.57. The third-order valence-electron chi connectivity index (χ3n) is 3.66. The van der Waals surface area contributed by atoms with Gasteiger partial charge in [0.15, 0.2) is 0 Å². The van der Waals surface area contributed by atoms with Crippen molar-refractivity contribution in [2.45, 2.75) is 32.1 Å². The average molecular weight is 272 g/mol. The van der Waals surface area contributed by atoms with Crippen LogP contribution in [0.2, 0.25) is 0 Å². The third kappa shape index (κ3) is 3.35. The van der Waals surface area contributed by atoms with Crippen LogP contribution in [0.15, 0.2) is 36.5 Å². The Bertz CT molecular complexity index is 500. The monoisotopic (exact) mass is 272 g/mol. The van der Waals surface area contributed by atoms with E-state index in [1.54, 1.807) is 0 Å². The molecule has 1 aromatic carbocycles. The Hall–Kier alpha value is -1.35. The maximum Gasteiger partial charge on any atom is 0.111 e. The van der Waals surface area contributed by atoms with Crippen molar-refractivity contribution in [2.24, 2.45) is 0 Å². The van der Waals surface area contributed by atoms with Gasteiger partial charge >= 0.3 is 0 Å². The third-order valence-corrected chi connectivity index (χ3v) is 4.78. The van der Waals surface area contributed by atoms with E-state index in [-0.39, 0.29) is 0 Å². The molecule has 0 N–H and O–H groups in total. The van der Waals surface area contributed by atoms with E-state index >= 15 is 0 Å². The molecule has 0 saturated carbocycles. The molecule has 1 aliphatic heterocycles. The number of hydrogen-bond acceptors (Lipinski definition) is 3. The van der Waals surface area contributed by atoms with E-state index in [0.717, 1.165) is 12.8 Å². The molecule has 2 heterocycles. The molecule has 100 valence electrons. The summed E-state index contributed by atoms with van der Waals surface area (Å²) in [7, 11) is 0. The van der Waals surface area contributed by atoms with E-state index in [1.165, 1.54) is 47.9 Å². The van der Waals surface area contributed by atoms with E-state index in [4.69, 9.17) is 0 Å². The molecule has 0 bridgehead atoms. The second-order valence-electron chi connectivity index (χ2n) is 5.13. The molecule has 2 nitrogen and oxygen atoms in total. The molecule has 19 heavy (non-hydrogen) atoms. The van der Waals surface area contributed by atoms with Crippen LogP contribution in [0.3, 0.4) is 0 Å². The molecule has 1 fully saturated rings. The summed E-state index contributed by atoms with van der Waals surface area (Å²) in [6.45, 7) is 2.43. The van der Waals surface area contributed by atoms with Crippen LogP contribution < -0.4 is 4.90 Å². The first kappa shape index (κ1) is 12.7. The average Bonchev–Trinajstić information content (AvgIpc) is 3.10. The molecule has 0 radical (unpaired) electrons. The molecule has 1 saturated heterocycles. The molecular formula is C16H20N2S. The summed E-state index contributed by atoms with van der Waals surface area (Å²) in [6, 6.07) is 10.7. The summed E-state index contributed by atoms with van der Waals surface area (Å²) in [6.07, 6.45) is 8.18. The Kier molecular flexibility index (Phi) is 4.13. The second kappa shape index (κ2) is 6.20. The highest BCUT2D eigenvalue weighted by Crippen LogP contribution is 2.27. The van der Waals surface area contributed by atoms with E-state index < -0.39 is 0 Å². The van der Waals surface area contributed by atoms with Gasteiger partial charge in [0.05, 0.1) is 11.2 Å². The van der Waals surface area contributed by atoms with Crippen molar-refractivity contribution in [1.29, 1.82) is 0 Å². The van der Waals surface area contributed by atoms with Crippen LogP contribution in [0.5, 0.6) is 0 Å². The number of anilines is 1. The fraction of sp³-hybridized carbons (Fsp3) is 0.438. The van der Waals surface area contributed by atoms with Crippen LogP contribution in [0, 0.1) is 0 Å². The number of aromatic nitrogens is 1. The first-order valence-electron chi connectivity index (χ1n) is 7.15. The van der Waals surface area contributed by atoms with Crippen molar-refractivity contribution >= 4 is 16.3 Å². The fourth-order valence-electron chi connectivity index (χ4n) is 2.59. The van der Waals surface area contributed by atoms with Crippen molar-refractivity contribution < 1.29 is 0 Å². The molecule has 0 aliphatic carbocycles. The van der Waals surface area contributed by atoms with Crippen molar-refractivity contribution in [3.05, 3.63) is 47.1 Å². The maximum absolute atomic E-state index is 4.57. The lowest BCUT2D eigenvalue weighted by Gasteiger charge is -2.12. The number of thiazole rings is 1. The Labute approximate surface area is 119 Å². The van der Waals surface area contributed by atoms with Gasteiger partial charge in [-0.2, -0.15) is 0 Å². The highest BCUT2D eigenvalue weighted by molar-refractivity contribution is 7.15. The Morgan fingerprint density at radius 3 is 2.63 bits per heavy atom. The van der Waals surface area contributed by atoms with Crippen molar-refractivity contribution in [1.82, 2.24) is 4.98 Å². The van der Waals surface area contributed by atoms with Crippen LogP contribution in [-0.4, -0.2) is 18.1 Å². The summed E-state index contributed by atoms with van der Waals surface area (Å²) >= 11 is 1.88. The van der Waals surface area contributed by atoms with Gasteiger partial charge < -0.3 is 4.90 Å². The van der Waals surface area contributed by atoms with Gasteiger partial charge in [0, 0.05) is 13.1 Å². The largest absolute Gasteiger partial charge is 0.362 e. The minimum atomic E-state index is 1.10. The zero-order chi connectivity index (χ0) is 12.9. The number of rotatable bonds is 5. The van der Waals surface area contributed by atoms with Crippen LogP contribution in [-0.2, 0) is 12.8 Å². The Morgan fingerprint density at radius 2 is 1.84 bits per heavy atom.